The molecule has 0 aromatic carbocycles. The maximum Gasteiger partial charge on any atom is 0.225 e. The van der Waals surface area contributed by atoms with Crippen molar-refractivity contribution in [3.63, 3.8) is 0 Å². The lowest BCUT2D eigenvalue weighted by Gasteiger charge is -2.31. The fraction of sp³-hybridized carbons (Fsp3) is 0.714. The molecule has 1 saturated heterocycles. The van der Waals surface area contributed by atoms with Crippen LogP contribution in [-0.4, -0.2) is 42.3 Å². The van der Waals surface area contributed by atoms with Crippen LogP contribution in [0.2, 0.25) is 0 Å². The second-order valence-corrected chi connectivity index (χ2v) is 5.38. The van der Waals surface area contributed by atoms with Crippen molar-refractivity contribution in [1.29, 1.82) is 0 Å². The Balaban J connectivity index is 1.93. The summed E-state index contributed by atoms with van der Waals surface area (Å²) in [6.07, 6.45) is 5.92. The van der Waals surface area contributed by atoms with E-state index >= 15 is 0 Å². The van der Waals surface area contributed by atoms with Crippen molar-refractivity contribution in [2.24, 2.45) is 0 Å². The lowest BCUT2D eigenvalue weighted by Crippen LogP contribution is -2.37. The smallest absolute Gasteiger partial charge is 0.225 e. The van der Waals surface area contributed by atoms with Crippen molar-refractivity contribution in [1.82, 2.24) is 15.3 Å². The normalized spacial score (nSPS) is 16.8. The van der Waals surface area contributed by atoms with E-state index in [0.717, 1.165) is 44.1 Å². The van der Waals surface area contributed by atoms with Crippen LogP contribution in [-0.2, 0) is 11.3 Å². The van der Waals surface area contributed by atoms with E-state index in [0.29, 0.717) is 12.1 Å². The van der Waals surface area contributed by atoms with Crippen LogP contribution in [0.25, 0.3) is 0 Å². The summed E-state index contributed by atoms with van der Waals surface area (Å²) in [7, 11) is 2.07. The number of aromatic nitrogens is 2. The van der Waals surface area contributed by atoms with Gasteiger partial charge in [-0.1, -0.05) is 13.8 Å². The Kier molecular flexibility index (Phi) is 5.10. The Morgan fingerprint density at radius 2 is 1.95 bits per heavy atom. The molecule has 5 nitrogen and oxygen atoms in total. The molecule has 2 heterocycles. The number of hydrogen-bond acceptors (Lipinski definition) is 5. The van der Waals surface area contributed by atoms with Gasteiger partial charge in [-0.2, -0.15) is 0 Å². The molecule has 1 aromatic rings. The molecule has 106 valence electrons. The first-order valence-electron chi connectivity index (χ1n) is 7.01. The van der Waals surface area contributed by atoms with Gasteiger partial charge in [0.05, 0.1) is 0 Å². The first-order chi connectivity index (χ1) is 9.16. The van der Waals surface area contributed by atoms with E-state index in [4.69, 9.17) is 4.74 Å². The van der Waals surface area contributed by atoms with Crippen LogP contribution in [0.3, 0.4) is 0 Å². The van der Waals surface area contributed by atoms with Crippen LogP contribution in [0.4, 0.5) is 5.95 Å². The van der Waals surface area contributed by atoms with E-state index in [1.165, 1.54) is 0 Å². The highest BCUT2D eigenvalue weighted by Crippen LogP contribution is 2.17. The molecule has 0 spiro atoms. The van der Waals surface area contributed by atoms with E-state index in [2.05, 4.69) is 41.1 Å². The van der Waals surface area contributed by atoms with Crippen LogP contribution in [0, 0.1) is 0 Å². The zero-order chi connectivity index (χ0) is 13.7. The van der Waals surface area contributed by atoms with Gasteiger partial charge in [0.25, 0.3) is 0 Å². The van der Waals surface area contributed by atoms with Gasteiger partial charge in [0.2, 0.25) is 5.95 Å². The first kappa shape index (κ1) is 14.2. The van der Waals surface area contributed by atoms with Crippen molar-refractivity contribution in [2.75, 3.05) is 25.2 Å². The minimum Gasteiger partial charge on any atom is -0.381 e. The number of hydrogen-bond donors (Lipinski definition) is 1. The average molecular weight is 264 g/mol. The van der Waals surface area contributed by atoms with Crippen LogP contribution in [0.1, 0.15) is 32.3 Å². The van der Waals surface area contributed by atoms with Gasteiger partial charge in [0.15, 0.2) is 0 Å². The largest absolute Gasteiger partial charge is 0.381 e. The van der Waals surface area contributed by atoms with Gasteiger partial charge in [-0.3, -0.25) is 0 Å². The van der Waals surface area contributed by atoms with E-state index in [1.807, 2.05) is 12.4 Å². The second kappa shape index (κ2) is 6.82. The molecule has 1 aliphatic rings. The molecule has 0 atom stereocenters. The zero-order valence-corrected chi connectivity index (χ0v) is 12.1. The predicted octanol–water partition coefficient (Wildman–Crippen LogP) is 1.59. The van der Waals surface area contributed by atoms with Crippen LogP contribution in [0.5, 0.6) is 0 Å². The SMILES string of the molecule is CC(C)NCc1cnc(N(C)C2CCOCC2)nc1. The molecule has 1 N–H and O–H groups in total. The molecule has 1 aliphatic heterocycles. The van der Waals surface area contributed by atoms with Crippen LogP contribution >= 0.6 is 0 Å². The summed E-state index contributed by atoms with van der Waals surface area (Å²) in [5, 5.41) is 3.36. The topological polar surface area (TPSA) is 50.3 Å². The van der Waals surface area contributed by atoms with Crippen molar-refractivity contribution < 1.29 is 4.74 Å². The number of anilines is 1. The highest BCUT2D eigenvalue weighted by Gasteiger charge is 2.20. The van der Waals surface area contributed by atoms with Crippen molar-refractivity contribution in [3.05, 3.63) is 18.0 Å². The lowest BCUT2D eigenvalue weighted by molar-refractivity contribution is 0.0852. The van der Waals surface area contributed by atoms with Gasteiger partial charge in [0, 0.05) is 56.8 Å². The summed E-state index contributed by atoms with van der Waals surface area (Å²) in [6, 6.07) is 0.970. The van der Waals surface area contributed by atoms with E-state index in [9.17, 15) is 0 Å². The molecule has 2 rings (SSSR count). The molecular weight excluding hydrogens is 240 g/mol. The van der Waals surface area contributed by atoms with E-state index in [1.54, 1.807) is 0 Å². The molecule has 0 unspecified atom stereocenters. The molecule has 0 amide bonds. The predicted molar refractivity (Wildman–Crippen MR) is 76.3 cm³/mol. The molecule has 0 aliphatic carbocycles. The van der Waals surface area contributed by atoms with Crippen molar-refractivity contribution in [3.8, 4) is 0 Å². The molecule has 0 bridgehead atoms. The molecule has 19 heavy (non-hydrogen) atoms. The first-order valence-corrected chi connectivity index (χ1v) is 7.01. The maximum absolute atomic E-state index is 5.38. The Bertz CT molecular complexity index is 374. The summed E-state index contributed by atoms with van der Waals surface area (Å²) in [4.78, 5) is 11.1. The lowest BCUT2D eigenvalue weighted by atomic mass is 10.1. The van der Waals surface area contributed by atoms with Gasteiger partial charge in [-0.05, 0) is 12.8 Å². The fourth-order valence-electron chi connectivity index (χ4n) is 2.18. The molecule has 5 heteroatoms. The van der Waals surface area contributed by atoms with E-state index < -0.39 is 0 Å². The summed E-state index contributed by atoms with van der Waals surface area (Å²) in [5.74, 6) is 0.806. The summed E-state index contributed by atoms with van der Waals surface area (Å²) >= 11 is 0. The average Bonchev–Trinajstić information content (AvgIpc) is 2.46. The van der Waals surface area contributed by atoms with Crippen molar-refractivity contribution >= 4 is 5.95 Å². The summed E-state index contributed by atoms with van der Waals surface area (Å²) < 4.78 is 5.38. The summed E-state index contributed by atoms with van der Waals surface area (Å²) in [5.41, 5.74) is 1.12. The summed E-state index contributed by atoms with van der Waals surface area (Å²) in [6.45, 7) is 6.76. The quantitative estimate of drug-likeness (QED) is 0.875. The van der Waals surface area contributed by atoms with Gasteiger partial charge in [-0.25, -0.2) is 9.97 Å². The number of nitrogens with one attached hydrogen (secondary N) is 1. The molecular formula is C14H24N4O. The minimum absolute atomic E-state index is 0.476. The Morgan fingerprint density at radius 1 is 1.32 bits per heavy atom. The second-order valence-electron chi connectivity index (χ2n) is 5.38. The van der Waals surface area contributed by atoms with Gasteiger partial charge >= 0.3 is 0 Å². The van der Waals surface area contributed by atoms with Gasteiger partial charge in [0.1, 0.15) is 0 Å². The Labute approximate surface area is 115 Å². The standard InChI is InChI=1S/C14H24N4O/c1-11(2)15-8-12-9-16-14(17-10-12)18(3)13-4-6-19-7-5-13/h9-11,13,15H,4-8H2,1-3H3. The van der Waals surface area contributed by atoms with Gasteiger partial charge in [-0.15, -0.1) is 0 Å². The number of nitrogens with zero attached hydrogens (tertiary/aromatic N) is 3. The third-order valence-electron chi connectivity index (χ3n) is 3.46. The monoisotopic (exact) mass is 264 g/mol. The number of ether oxygens (including phenoxy) is 1. The maximum atomic E-state index is 5.38. The molecule has 0 radical (unpaired) electrons. The molecule has 1 fully saturated rings. The Hall–Kier alpha value is -1.20. The third-order valence-corrected chi connectivity index (χ3v) is 3.46. The molecule has 1 aromatic heterocycles. The highest BCUT2D eigenvalue weighted by molar-refractivity contribution is 5.30. The van der Waals surface area contributed by atoms with Crippen LogP contribution in [0.15, 0.2) is 12.4 Å². The highest BCUT2D eigenvalue weighted by atomic mass is 16.5. The van der Waals surface area contributed by atoms with Crippen LogP contribution < -0.4 is 10.2 Å². The van der Waals surface area contributed by atoms with Crippen molar-refractivity contribution in [2.45, 2.75) is 45.3 Å². The minimum atomic E-state index is 0.476. The third kappa shape index (κ3) is 4.14. The fourth-order valence-corrected chi connectivity index (χ4v) is 2.18. The Morgan fingerprint density at radius 3 is 2.53 bits per heavy atom. The van der Waals surface area contributed by atoms with E-state index in [-0.39, 0.29) is 0 Å². The molecule has 0 saturated carbocycles. The number of rotatable bonds is 5. The zero-order valence-electron chi connectivity index (χ0n) is 12.1. The van der Waals surface area contributed by atoms with Gasteiger partial charge < -0.3 is 15.0 Å².